The van der Waals surface area contributed by atoms with Gasteiger partial charge in [-0.15, -0.1) is 10.2 Å². The zero-order valence-electron chi connectivity index (χ0n) is 18.8. The van der Waals surface area contributed by atoms with Crippen LogP contribution in [0.15, 0.2) is 44.9 Å². The van der Waals surface area contributed by atoms with E-state index in [1.165, 1.54) is 22.8 Å². The summed E-state index contributed by atoms with van der Waals surface area (Å²) in [6.07, 6.45) is 1.53. The minimum absolute atomic E-state index is 0.0515. The Kier molecular flexibility index (Phi) is 7.58. The molecule has 0 bridgehead atoms. The Morgan fingerprint density at radius 3 is 2.38 bits per heavy atom. The van der Waals surface area contributed by atoms with Crippen molar-refractivity contribution in [3.05, 3.63) is 68.9 Å². The van der Waals surface area contributed by atoms with E-state index in [-0.39, 0.29) is 10.1 Å². The Hall–Kier alpha value is -3.26. The molecular formula is C24H26N2O5S. The number of hydrogen-bond acceptors (Lipinski definition) is 7. The molecule has 0 fully saturated rings. The fourth-order valence-corrected chi connectivity index (χ4v) is 4.00. The molecule has 0 unspecified atom stereocenters. The normalized spacial score (nSPS) is 11.5. The summed E-state index contributed by atoms with van der Waals surface area (Å²) < 4.78 is 17.1. The van der Waals surface area contributed by atoms with Gasteiger partial charge in [0, 0.05) is 6.92 Å². The monoisotopic (exact) mass is 454 g/mol. The number of carboxylic acid groups (broad SMARTS) is 1. The molecule has 3 rings (SSSR count). The Labute approximate surface area is 191 Å². The van der Waals surface area contributed by atoms with Gasteiger partial charge in [0.15, 0.2) is 11.5 Å². The Morgan fingerprint density at radius 2 is 1.78 bits per heavy atom. The lowest BCUT2D eigenvalue weighted by Gasteiger charge is -2.16. The van der Waals surface area contributed by atoms with Crippen molar-refractivity contribution in [1.82, 2.24) is 10.2 Å². The molecule has 0 aliphatic rings. The van der Waals surface area contributed by atoms with Crippen molar-refractivity contribution >= 4 is 23.8 Å². The van der Waals surface area contributed by atoms with Crippen LogP contribution in [0.1, 0.15) is 40.6 Å². The second-order valence-electron chi connectivity index (χ2n) is 7.31. The summed E-state index contributed by atoms with van der Waals surface area (Å²) in [5.74, 6) is 0.429. The van der Waals surface area contributed by atoms with Crippen molar-refractivity contribution in [3.8, 4) is 11.5 Å². The van der Waals surface area contributed by atoms with E-state index in [0.29, 0.717) is 36.2 Å². The van der Waals surface area contributed by atoms with E-state index in [4.69, 9.17) is 13.9 Å². The van der Waals surface area contributed by atoms with E-state index in [0.717, 1.165) is 17.3 Å². The molecule has 0 atom stereocenters. The first-order valence-electron chi connectivity index (χ1n) is 10.2. The van der Waals surface area contributed by atoms with Crippen molar-refractivity contribution in [2.24, 2.45) is 0 Å². The Morgan fingerprint density at radius 1 is 1.06 bits per heavy atom. The lowest BCUT2D eigenvalue weighted by molar-refractivity contribution is -0.131. The van der Waals surface area contributed by atoms with Crippen LogP contribution in [0.25, 0.3) is 6.08 Å². The third-order valence-electron chi connectivity index (χ3n) is 4.69. The molecular weight excluding hydrogens is 428 g/mol. The van der Waals surface area contributed by atoms with E-state index in [9.17, 15) is 9.90 Å². The van der Waals surface area contributed by atoms with Crippen LogP contribution in [0, 0.1) is 27.7 Å². The Balaban J connectivity index is 1.84. The van der Waals surface area contributed by atoms with Crippen LogP contribution < -0.4 is 9.47 Å². The lowest BCUT2D eigenvalue weighted by atomic mass is 10.0. The van der Waals surface area contributed by atoms with E-state index in [1.54, 1.807) is 25.1 Å². The number of carbonyl (C=O) groups is 1. The molecule has 1 aromatic heterocycles. The number of nitrogens with zero attached hydrogens (tertiary/aromatic N) is 2. The van der Waals surface area contributed by atoms with Gasteiger partial charge in [-0.1, -0.05) is 23.8 Å². The van der Waals surface area contributed by atoms with Crippen LogP contribution in [-0.2, 0) is 11.4 Å². The molecule has 0 saturated carbocycles. The number of aryl methyl sites for hydroxylation is 4. The smallest absolute Gasteiger partial charge is 0.342 e. The van der Waals surface area contributed by atoms with E-state index >= 15 is 0 Å². The van der Waals surface area contributed by atoms with Gasteiger partial charge in [0.05, 0.1) is 6.61 Å². The molecule has 32 heavy (non-hydrogen) atoms. The predicted molar refractivity (Wildman–Crippen MR) is 123 cm³/mol. The SMILES string of the molecule is CCOc1cc(/C=C(\Sc2nnc(C)o2)C(=O)O)ccc1OCc1c(C)cc(C)cc1C. The first-order chi connectivity index (χ1) is 15.3. The highest BCUT2D eigenvalue weighted by Gasteiger charge is 2.15. The summed E-state index contributed by atoms with van der Waals surface area (Å²) >= 11 is 0.897. The van der Waals surface area contributed by atoms with Crippen LogP contribution in [0.5, 0.6) is 11.5 Å². The third-order valence-corrected chi connectivity index (χ3v) is 5.55. The van der Waals surface area contributed by atoms with Crippen LogP contribution in [0.4, 0.5) is 0 Å². The predicted octanol–water partition coefficient (Wildman–Crippen LogP) is 5.50. The zero-order valence-corrected chi connectivity index (χ0v) is 19.6. The molecule has 168 valence electrons. The quantitative estimate of drug-likeness (QED) is 0.335. The first kappa shape index (κ1) is 23.4. The van der Waals surface area contributed by atoms with Gasteiger partial charge < -0.3 is 19.0 Å². The standard InChI is InChI=1S/C24H26N2O5S/c1-6-29-21-11-18(12-22(23(27)28)32-24-26-25-17(5)31-24)7-8-20(21)30-13-19-15(3)9-14(2)10-16(19)4/h7-12H,6,13H2,1-5H3,(H,27,28)/b22-12-. The highest BCUT2D eigenvalue weighted by Crippen LogP contribution is 2.33. The van der Waals surface area contributed by atoms with Crippen molar-refractivity contribution in [2.45, 2.75) is 46.4 Å². The topological polar surface area (TPSA) is 94.7 Å². The average molecular weight is 455 g/mol. The molecule has 0 saturated heterocycles. The lowest BCUT2D eigenvalue weighted by Crippen LogP contribution is -2.03. The molecule has 1 heterocycles. The summed E-state index contributed by atoms with van der Waals surface area (Å²) in [5.41, 5.74) is 5.38. The zero-order chi connectivity index (χ0) is 23.3. The summed E-state index contributed by atoms with van der Waals surface area (Å²) in [4.78, 5) is 11.8. The number of carboxylic acids is 1. The maximum absolute atomic E-state index is 11.7. The van der Waals surface area contributed by atoms with E-state index in [2.05, 4.69) is 43.1 Å². The highest BCUT2D eigenvalue weighted by atomic mass is 32.2. The summed E-state index contributed by atoms with van der Waals surface area (Å²) in [6, 6.07) is 9.61. The number of hydrogen-bond donors (Lipinski definition) is 1. The second-order valence-corrected chi connectivity index (χ2v) is 8.30. The molecule has 0 spiro atoms. The van der Waals surface area contributed by atoms with Crippen molar-refractivity contribution in [2.75, 3.05) is 6.61 Å². The maximum Gasteiger partial charge on any atom is 0.342 e. The maximum atomic E-state index is 11.7. The van der Waals surface area contributed by atoms with E-state index < -0.39 is 5.97 Å². The number of aliphatic carboxylic acids is 1. The average Bonchev–Trinajstić information content (AvgIpc) is 3.13. The Bertz CT molecular complexity index is 1130. The van der Waals surface area contributed by atoms with Gasteiger partial charge >= 0.3 is 5.97 Å². The first-order valence-corrected chi connectivity index (χ1v) is 11.0. The molecule has 0 aliphatic carbocycles. The highest BCUT2D eigenvalue weighted by molar-refractivity contribution is 8.03. The molecule has 2 aromatic carbocycles. The molecule has 1 N–H and O–H groups in total. The van der Waals surface area contributed by atoms with E-state index in [1.807, 2.05) is 6.92 Å². The van der Waals surface area contributed by atoms with Crippen LogP contribution in [-0.4, -0.2) is 27.9 Å². The minimum atomic E-state index is -1.09. The summed E-state index contributed by atoms with van der Waals surface area (Å²) in [5, 5.41) is 17.3. The molecule has 7 nitrogen and oxygen atoms in total. The molecule has 0 radical (unpaired) electrons. The molecule has 3 aromatic rings. The number of aromatic nitrogens is 2. The van der Waals surface area contributed by atoms with Crippen LogP contribution in [0.3, 0.4) is 0 Å². The van der Waals surface area contributed by atoms with Gasteiger partial charge in [0.1, 0.15) is 11.5 Å². The number of ether oxygens (including phenoxy) is 2. The largest absolute Gasteiger partial charge is 0.490 e. The van der Waals surface area contributed by atoms with Gasteiger partial charge in [-0.2, -0.15) is 0 Å². The van der Waals surface area contributed by atoms with Gasteiger partial charge in [-0.05, 0) is 79.9 Å². The molecule has 0 amide bonds. The second kappa shape index (κ2) is 10.4. The number of thioether (sulfide) groups is 1. The van der Waals surface area contributed by atoms with Gasteiger partial charge in [0.2, 0.25) is 5.89 Å². The summed E-state index contributed by atoms with van der Waals surface area (Å²) in [7, 11) is 0. The fraction of sp³-hybridized carbons (Fsp3) is 0.292. The van der Waals surface area contributed by atoms with Gasteiger partial charge in [-0.3, -0.25) is 0 Å². The fourth-order valence-electron chi connectivity index (χ4n) is 3.29. The van der Waals surface area contributed by atoms with Gasteiger partial charge in [0.25, 0.3) is 5.22 Å². The van der Waals surface area contributed by atoms with Crippen molar-refractivity contribution < 1.29 is 23.8 Å². The van der Waals surface area contributed by atoms with Crippen LogP contribution in [0.2, 0.25) is 0 Å². The summed E-state index contributed by atoms with van der Waals surface area (Å²) in [6.45, 7) is 10.6. The number of rotatable bonds is 9. The van der Waals surface area contributed by atoms with Crippen molar-refractivity contribution in [3.63, 3.8) is 0 Å². The van der Waals surface area contributed by atoms with Gasteiger partial charge in [-0.25, -0.2) is 4.79 Å². The van der Waals surface area contributed by atoms with Crippen LogP contribution >= 0.6 is 11.8 Å². The van der Waals surface area contributed by atoms with Crippen molar-refractivity contribution in [1.29, 1.82) is 0 Å². The minimum Gasteiger partial charge on any atom is -0.490 e. The molecule has 0 aliphatic heterocycles. The number of benzene rings is 2. The molecule has 8 heteroatoms. The third kappa shape index (κ3) is 5.91.